The lowest BCUT2D eigenvalue weighted by Gasteiger charge is -2.36. The van der Waals surface area contributed by atoms with Crippen molar-refractivity contribution in [3.8, 4) is 0 Å². The summed E-state index contributed by atoms with van der Waals surface area (Å²) in [7, 11) is 0. The van der Waals surface area contributed by atoms with Crippen molar-refractivity contribution in [3.63, 3.8) is 0 Å². The first-order chi connectivity index (χ1) is 9.06. The predicted octanol–water partition coefficient (Wildman–Crippen LogP) is 1.30. The van der Waals surface area contributed by atoms with E-state index in [0.29, 0.717) is 30.3 Å². The molecule has 0 spiro atoms. The van der Waals surface area contributed by atoms with Crippen molar-refractivity contribution < 1.29 is 4.79 Å². The third-order valence-electron chi connectivity index (χ3n) is 4.74. The van der Waals surface area contributed by atoms with E-state index < -0.39 is 0 Å². The number of piperidine rings is 2. The Morgan fingerprint density at radius 1 is 1.26 bits per heavy atom. The van der Waals surface area contributed by atoms with Gasteiger partial charge in [-0.3, -0.25) is 9.69 Å². The van der Waals surface area contributed by atoms with Crippen LogP contribution in [0.5, 0.6) is 0 Å². The van der Waals surface area contributed by atoms with Crippen molar-refractivity contribution in [2.45, 2.75) is 45.6 Å². The highest BCUT2D eigenvalue weighted by molar-refractivity contribution is 5.78. The predicted molar refractivity (Wildman–Crippen MR) is 77.8 cm³/mol. The lowest BCUT2D eigenvalue weighted by Crippen LogP contribution is -2.47. The van der Waals surface area contributed by atoms with Crippen LogP contribution in [-0.4, -0.2) is 54.5 Å². The van der Waals surface area contributed by atoms with Crippen LogP contribution in [0, 0.1) is 11.8 Å². The molecular weight excluding hydrogens is 238 g/mol. The van der Waals surface area contributed by atoms with E-state index in [1.54, 1.807) is 0 Å². The van der Waals surface area contributed by atoms with Gasteiger partial charge in [0.2, 0.25) is 5.91 Å². The zero-order valence-electron chi connectivity index (χ0n) is 12.5. The summed E-state index contributed by atoms with van der Waals surface area (Å²) in [6, 6.07) is 0.292. The molecule has 2 heterocycles. The van der Waals surface area contributed by atoms with E-state index in [9.17, 15) is 4.79 Å². The number of amides is 1. The van der Waals surface area contributed by atoms with Gasteiger partial charge < -0.3 is 10.6 Å². The third-order valence-corrected chi connectivity index (χ3v) is 4.74. The van der Waals surface area contributed by atoms with Crippen molar-refractivity contribution in [3.05, 3.63) is 0 Å². The summed E-state index contributed by atoms with van der Waals surface area (Å²) in [5.74, 6) is 1.63. The van der Waals surface area contributed by atoms with E-state index in [4.69, 9.17) is 5.73 Å². The summed E-state index contributed by atoms with van der Waals surface area (Å²) in [6.07, 6.45) is 4.71. The Morgan fingerprint density at radius 2 is 1.95 bits per heavy atom. The second kappa shape index (κ2) is 6.71. The van der Waals surface area contributed by atoms with Gasteiger partial charge in [-0.05, 0) is 57.5 Å². The minimum Gasteiger partial charge on any atom is -0.341 e. The molecule has 2 fully saturated rings. The zero-order valence-corrected chi connectivity index (χ0v) is 12.5. The maximum absolute atomic E-state index is 12.3. The van der Waals surface area contributed by atoms with Gasteiger partial charge in [-0.25, -0.2) is 0 Å². The molecule has 0 radical (unpaired) electrons. The van der Waals surface area contributed by atoms with Crippen molar-refractivity contribution in [1.82, 2.24) is 9.80 Å². The van der Waals surface area contributed by atoms with Gasteiger partial charge in [0.25, 0.3) is 0 Å². The van der Waals surface area contributed by atoms with E-state index >= 15 is 0 Å². The van der Waals surface area contributed by atoms with Gasteiger partial charge in [-0.15, -0.1) is 0 Å². The Morgan fingerprint density at radius 3 is 2.53 bits per heavy atom. The standard InChI is InChI=1S/C15H29N3O/c1-12-4-3-7-18(10-12)15(19)11-17-8-5-14(6-9-17)13(2)16/h12-14H,3-11,16H2,1-2H3. The normalized spacial score (nSPS) is 28.4. The summed E-state index contributed by atoms with van der Waals surface area (Å²) in [6.45, 7) is 8.92. The molecule has 4 nitrogen and oxygen atoms in total. The van der Waals surface area contributed by atoms with E-state index in [-0.39, 0.29) is 0 Å². The summed E-state index contributed by atoms with van der Waals surface area (Å²) in [5, 5.41) is 0. The highest BCUT2D eigenvalue weighted by Crippen LogP contribution is 2.20. The molecule has 0 aliphatic carbocycles. The first-order valence-corrected chi connectivity index (χ1v) is 7.82. The summed E-state index contributed by atoms with van der Waals surface area (Å²) in [5.41, 5.74) is 5.95. The van der Waals surface area contributed by atoms with E-state index in [2.05, 4.69) is 23.6 Å². The lowest BCUT2D eigenvalue weighted by atomic mass is 9.91. The molecule has 1 amide bonds. The molecule has 19 heavy (non-hydrogen) atoms. The van der Waals surface area contributed by atoms with Crippen molar-refractivity contribution in [2.24, 2.45) is 17.6 Å². The lowest BCUT2D eigenvalue weighted by molar-refractivity contribution is -0.134. The van der Waals surface area contributed by atoms with E-state index in [1.165, 1.54) is 12.8 Å². The number of hydrogen-bond acceptors (Lipinski definition) is 3. The molecule has 2 atom stereocenters. The highest BCUT2D eigenvalue weighted by Gasteiger charge is 2.26. The SMILES string of the molecule is CC1CCCN(C(=O)CN2CCC(C(C)N)CC2)C1. The molecule has 2 aliphatic heterocycles. The number of nitrogens with zero attached hydrogens (tertiary/aromatic N) is 2. The molecule has 4 heteroatoms. The molecule has 2 rings (SSSR count). The first-order valence-electron chi connectivity index (χ1n) is 7.82. The Bertz CT molecular complexity index is 298. The van der Waals surface area contributed by atoms with Gasteiger partial charge in [0.15, 0.2) is 0 Å². The number of likely N-dealkylation sites (tertiary alicyclic amines) is 2. The largest absolute Gasteiger partial charge is 0.341 e. The number of nitrogens with two attached hydrogens (primary N) is 1. The monoisotopic (exact) mass is 267 g/mol. The van der Waals surface area contributed by atoms with E-state index in [1.807, 2.05) is 0 Å². The van der Waals surface area contributed by atoms with Crippen LogP contribution >= 0.6 is 0 Å². The molecule has 2 N–H and O–H groups in total. The summed E-state index contributed by atoms with van der Waals surface area (Å²) >= 11 is 0. The van der Waals surface area contributed by atoms with Crippen LogP contribution < -0.4 is 5.73 Å². The Labute approximate surface area is 117 Å². The maximum atomic E-state index is 12.3. The minimum absolute atomic E-state index is 0.292. The summed E-state index contributed by atoms with van der Waals surface area (Å²) < 4.78 is 0. The summed E-state index contributed by atoms with van der Waals surface area (Å²) in [4.78, 5) is 16.7. The number of rotatable bonds is 3. The van der Waals surface area contributed by atoms with Gasteiger partial charge in [-0.1, -0.05) is 6.92 Å². The van der Waals surface area contributed by atoms with Crippen LogP contribution in [0.25, 0.3) is 0 Å². The van der Waals surface area contributed by atoms with Crippen LogP contribution in [0.15, 0.2) is 0 Å². The Balaban J connectivity index is 1.74. The fourth-order valence-electron chi connectivity index (χ4n) is 3.34. The molecule has 2 saturated heterocycles. The quantitative estimate of drug-likeness (QED) is 0.838. The van der Waals surface area contributed by atoms with E-state index in [0.717, 1.165) is 39.0 Å². The average molecular weight is 267 g/mol. The van der Waals surface area contributed by atoms with Crippen LogP contribution in [0.4, 0.5) is 0 Å². The molecular formula is C15H29N3O. The van der Waals surface area contributed by atoms with Crippen molar-refractivity contribution in [2.75, 3.05) is 32.7 Å². The topological polar surface area (TPSA) is 49.6 Å². The number of carbonyl (C=O) groups excluding carboxylic acids is 1. The van der Waals surface area contributed by atoms with Crippen molar-refractivity contribution >= 4 is 5.91 Å². The first kappa shape index (κ1) is 14.8. The van der Waals surface area contributed by atoms with Crippen LogP contribution in [0.1, 0.15) is 39.5 Å². The van der Waals surface area contributed by atoms with Crippen molar-refractivity contribution in [1.29, 1.82) is 0 Å². The highest BCUT2D eigenvalue weighted by atomic mass is 16.2. The second-order valence-corrected chi connectivity index (χ2v) is 6.56. The fraction of sp³-hybridized carbons (Fsp3) is 0.933. The molecule has 110 valence electrons. The molecule has 0 aromatic carbocycles. The molecule has 2 unspecified atom stereocenters. The van der Waals surface area contributed by atoms with Crippen LogP contribution in [0.3, 0.4) is 0 Å². The second-order valence-electron chi connectivity index (χ2n) is 6.56. The van der Waals surface area contributed by atoms with Crippen LogP contribution in [-0.2, 0) is 4.79 Å². The molecule has 0 bridgehead atoms. The maximum Gasteiger partial charge on any atom is 0.236 e. The molecule has 0 aromatic heterocycles. The molecule has 0 aromatic rings. The molecule has 2 aliphatic rings. The van der Waals surface area contributed by atoms with Crippen LogP contribution in [0.2, 0.25) is 0 Å². The van der Waals surface area contributed by atoms with Gasteiger partial charge >= 0.3 is 0 Å². The zero-order chi connectivity index (χ0) is 13.8. The smallest absolute Gasteiger partial charge is 0.236 e. The van der Waals surface area contributed by atoms with Gasteiger partial charge in [0, 0.05) is 19.1 Å². The number of carbonyl (C=O) groups is 1. The van der Waals surface area contributed by atoms with Gasteiger partial charge in [0.1, 0.15) is 0 Å². The van der Waals surface area contributed by atoms with Gasteiger partial charge in [0.05, 0.1) is 6.54 Å². The molecule has 0 saturated carbocycles. The third kappa shape index (κ3) is 4.18. The minimum atomic E-state index is 0.292. The number of hydrogen-bond donors (Lipinski definition) is 1. The van der Waals surface area contributed by atoms with Gasteiger partial charge in [-0.2, -0.15) is 0 Å². The fourth-order valence-corrected chi connectivity index (χ4v) is 3.34. The average Bonchev–Trinajstić information content (AvgIpc) is 2.39. The Hall–Kier alpha value is -0.610. The Kier molecular flexibility index (Phi) is 5.22.